The number of rotatable bonds is 18. The summed E-state index contributed by atoms with van der Waals surface area (Å²) in [5.41, 5.74) is 3.55. The van der Waals surface area contributed by atoms with Crippen LogP contribution in [-0.4, -0.2) is 32.3 Å². The summed E-state index contributed by atoms with van der Waals surface area (Å²) in [6.07, 6.45) is 15.6. The lowest BCUT2D eigenvalue weighted by Crippen LogP contribution is -2.17. The van der Waals surface area contributed by atoms with Gasteiger partial charge in [0.05, 0.1) is 26.0 Å². The van der Waals surface area contributed by atoms with Crippen molar-refractivity contribution >= 4 is 28.9 Å². The summed E-state index contributed by atoms with van der Waals surface area (Å²) in [6.45, 7) is 2.25. The third kappa shape index (κ3) is 10.2. The zero-order valence-corrected chi connectivity index (χ0v) is 24.7. The normalized spacial score (nSPS) is 11.1. The Balaban J connectivity index is 1.53. The molecule has 0 atom stereocenters. The highest BCUT2D eigenvalue weighted by molar-refractivity contribution is 6.04. The molecule has 0 aliphatic rings. The number of nitrogens with zero attached hydrogens (tertiary/aromatic N) is 1. The van der Waals surface area contributed by atoms with Gasteiger partial charge >= 0.3 is 5.97 Å². The van der Waals surface area contributed by atoms with Crippen molar-refractivity contribution in [2.75, 3.05) is 14.2 Å². The number of nitrogens with one attached hydrogen (secondary N) is 1. The molecule has 0 saturated heterocycles. The van der Waals surface area contributed by atoms with Crippen molar-refractivity contribution in [2.45, 2.75) is 84.0 Å². The molecule has 220 valence electrons. The van der Waals surface area contributed by atoms with Crippen LogP contribution in [0.25, 0.3) is 10.8 Å². The molecule has 0 spiro atoms. The molecule has 0 saturated carbocycles. The first-order chi connectivity index (χ1) is 20.1. The van der Waals surface area contributed by atoms with Gasteiger partial charge in [0.2, 0.25) is 5.91 Å². The van der Waals surface area contributed by atoms with E-state index in [0.29, 0.717) is 34.8 Å². The Bertz CT molecular complexity index is 1290. The van der Waals surface area contributed by atoms with Crippen LogP contribution in [0.5, 0.6) is 17.2 Å². The molecule has 0 heterocycles. The van der Waals surface area contributed by atoms with E-state index in [1.165, 1.54) is 71.8 Å². The predicted molar refractivity (Wildman–Crippen MR) is 165 cm³/mol. The van der Waals surface area contributed by atoms with Crippen LogP contribution < -0.4 is 19.6 Å². The zero-order valence-electron chi connectivity index (χ0n) is 24.7. The van der Waals surface area contributed by atoms with Gasteiger partial charge in [0.15, 0.2) is 11.5 Å². The van der Waals surface area contributed by atoms with Crippen molar-refractivity contribution in [3.63, 3.8) is 0 Å². The second-order valence-corrected chi connectivity index (χ2v) is 10.2. The molecule has 41 heavy (non-hydrogen) atoms. The molecule has 0 fully saturated rings. The van der Waals surface area contributed by atoms with Crippen LogP contribution in [0.3, 0.4) is 0 Å². The third-order valence-corrected chi connectivity index (χ3v) is 7.14. The Kier molecular flexibility index (Phi) is 13.7. The number of amides is 1. The lowest BCUT2D eigenvalue weighted by atomic mass is 10.0. The molecule has 3 rings (SSSR count). The van der Waals surface area contributed by atoms with Crippen LogP contribution in [0.1, 0.15) is 99.9 Å². The van der Waals surface area contributed by atoms with Gasteiger partial charge in [0.25, 0.3) is 0 Å². The summed E-state index contributed by atoms with van der Waals surface area (Å²) < 4.78 is 16.3. The SMILES string of the molecule is CCCCCCCCCCCCCC(=O)N/N=C/c1c(OC(=O)c2ccc(OC)c(OC)c2)ccc2ccccc12. The monoisotopic (exact) mass is 560 g/mol. The second-order valence-electron chi connectivity index (χ2n) is 10.2. The fraction of sp³-hybridized carbons (Fsp3) is 0.441. The van der Waals surface area contributed by atoms with Gasteiger partial charge in [0, 0.05) is 12.0 Å². The van der Waals surface area contributed by atoms with E-state index in [4.69, 9.17) is 14.2 Å². The molecule has 1 amide bonds. The second kappa shape index (κ2) is 17.7. The summed E-state index contributed by atoms with van der Waals surface area (Å²) in [7, 11) is 3.05. The van der Waals surface area contributed by atoms with Gasteiger partial charge < -0.3 is 14.2 Å². The highest BCUT2D eigenvalue weighted by Crippen LogP contribution is 2.30. The number of methoxy groups -OCH3 is 2. The molecule has 7 heteroatoms. The van der Waals surface area contributed by atoms with E-state index in [1.54, 1.807) is 24.3 Å². The average molecular weight is 561 g/mol. The Morgan fingerprint density at radius 3 is 2.07 bits per heavy atom. The van der Waals surface area contributed by atoms with Gasteiger partial charge in [-0.1, -0.05) is 101 Å². The molecule has 1 N–H and O–H groups in total. The number of carbonyl (C=O) groups is 2. The third-order valence-electron chi connectivity index (χ3n) is 7.14. The minimum atomic E-state index is -0.545. The Labute approximate surface area is 244 Å². The first-order valence-corrected chi connectivity index (χ1v) is 14.8. The summed E-state index contributed by atoms with van der Waals surface area (Å²) in [5.74, 6) is 0.624. The van der Waals surface area contributed by atoms with Crippen LogP contribution in [0.2, 0.25) is 0 Å². The highest BCUT2D eigenvalue weighted by atomic mass is 16.5. The fourth-order valence-corrected chi connectivity index (χ4v) is 4.79. The van der Waals surface area contributed by atoms with Gasteiger partial charge in [-0.05, 0) is 41.5 Å². The molecular formula is C34H44N2O5. The van der Waals surface area contributed by atoms with Gasteiger partial charge in [-0.25, -0.2) is 10.2 Å². The van der Waals surface area contributed by atoms with E-state index in [-0.39, 0.29) is 5.91 Å². The largest absolute Gasteiger partial charge is 0.493 e. The standard InChI is InChI=1S/C34H44N2O5/c1-4-5-6-7-8-9-10-11-12-13-14-19-33(37)36-35-25-29-28-18-16-15-17-26(28)20-22-30(29)41-34(38)27-21-23-31(39-2)32(24-27)40-3/h15-18,20-25H,4-14,19H2,1-3H3,(H,36,37)/b35-25+. The topological polar surface area (TPSA) is 86.2 Å². The van der Waals surface area contributed by atoms with Crippen molar-refractivity contribution in [3.05, 3.63) is 65.7 Å². The maximum Gasteiger partial charge on any atom is 0.343 e. The minimum absolute atomic E-state index is 0.124. The highest BCUT2D eigenvalue weighted by Gasteiger charge is 2.16. The van der Waals surface area contributed by atoms with Gasteiger partial charge in [-0.2, -0.15) is 5.10 Å². The van der Waals surface area contributed by atoms with Gasteiger partial charge in [-0.3, -0.25) is 4.79 Å². The molecule has 0 aliphatic heterocycles. The smallest absolute Gasteiger partial charge is 0.343 e. The molecule has 3 aromatic carbocycles. The number of carbonyl (C=O) groups excluding carboxylic acids is 2. The summed E-state index contributed by atoms with van der Waals surface area (Å²) in [5, 5.41) is 6.02. The van der Waals surface area contributed by atoms with Gasteiger partial charge in [-0.15, -0.1) is 0 Å². The van der Waals surface area contributed by atoms with Gasteiger partial charge in [0.1, 0.15) is 5.75 Å². The number of fused-ring (bicyclic) bond motifs is 1. The number of unbranched alkanes of at least 4 members (excludes halogenated alkanes) is 10. The maximum absolute atomic E-state index is 13.0. The molecule has 0 bridgehead atoms. The van der Waals surface area contributed by atoms with Crippen LogP contribution in [-0.2, 0) is 4.79 Å². The molecule has 0 aliphatic carbocycles. The van der Waals surface area contributed by atoms with E-state index in [1.807, 2.05) is 30.3 Å². The first kappa shape index (κ1) is 31.7. The lowest BCUT2D eigenvalue weighted by molar-refractivity contribution is -0.121. The van der Waals surface area contributed by atoms with Crippen LogP contribution >= 0.6 is 0 Å². The van der Waals surface area contributed by atoms with Crippen LogP contribution in [0.15, 0.2) is 59.7 Å². The van der Waals surface area contributed by atoms with Crippen molar-refractivity contribution in [1.82, 2.24) is 5.43 Å². The number of benzene rings is 3. The number of ether oxygens (including phenoxy) is 3. The molecule has 7 nitrogen and oxygen atoms in total. The van der Waals surface area contributed by atoms with Crippen molar-refractivity contribution in [3.8, 4) is 17.2 Å². The Morgan fingerprint density at radius 1 is 0.756 bits per heavy atom. The quantitative estimate of drug-likeness (QED) is 0.0557. The lowest BCUT2D eigenvalue weighted by Gasteiger charge is -2.12. The van der Waals surface area contributed by atoms with Crippen molar-refractivity contribution < 1.29 is 23.8 Å². The molecule has 3 aromatic rings. The number of hydrazone groups is 1. The number of esters is 1. The van der Waals surface area contributed by atoms with E-state index in [0.717, 1.165) is 30.0 Å². The number of hydrogen-bond acceptors (Lipinski definition) is 6. The summed E-state index contributed by atoms with van der Waals surface area (Å²) in [4.78, 5) is 25.4. The predicted octanol–water partition coefficient (Wildman–Crippen LogP) is 8.23. The number of hydrogen-bond donors (Lipinski definition) is 1. The van der Waals surface area contributed by atoms with E-state index in [2.05, 4.69) is 17.5 Å². The molecular weight excluding hydrogens is 516 g/mol. The zero-order chi connectivity index (χ0) is 29.3. The Hall–Kier alpha value is -3.87. The maximum atomic E-state index is 13.0. The van der Waals surface area contributed by atoms with E-state index < -0.39 is 5.97 Å². The van der Waals surface area contributed by atoms with Crippen LogP contribution in [0.4, 0.5) is 0 Å². The van der Waals surface area contributed by atoms with Crippen molar-refractivity contribution in [1.29, 1.82) is 0 Å². The molecule has 0 radical (unpaired) electrons. The van der Waals surface area contributed by atoms with E-state index >= 15 is 0 Å². The Morgan fingerprint density at radius 2 is 1.39 bits per heavy atom. The van der Waals surface area contributed by atoms with E-state index in [9.17, 15) is 9.59 Å². The minimum Gasteiger partial charge on any atom is -0.493 e. The fourth-order valence-electron chi connectivity index (χ4n) is 4.79. The first-order valence-electron chi connectivity index (χ1n) is 14.8. The van der Waals surface area contributed by atoms with Crippen molar-refractivity contribution in [2.24, 2.45) is 5.10 Å². The molecule has 0 unspecified atom stereocenters. The summed E-state index contributed by atoms with van der Waals surface area (Å²) in [6, 6.07) is 16.2. The summed E-state index contributed by atoms with van der Waals surface area (Å²) >= 11 is 0. The van der Waals surface area contributed by atoms with Crippen LogP contribution in [0, 0.1) is 0 Å². The molecule has 0 aromatic heterocycles. The average Bonchev–Trinajstić information content (AvgIpc) is 3.00.